The van der Waals surface area contributed by atoms with Crippen molar-refractivity contribution in [3.05, 3.63) is 0 Å². The summed E-state index contributed by atoms with van der Waals surface area (Å²) < 4.78 is 15.4. The molecule has 0 aromatic rings. The quantitative estimate of drug-likeness (QED) is 0.658. The third-order valence-electron chi connectivity index (χ3n) is 2.45. The molecule has 1 aliphatic heterocycles. The van der Waals surface area contributed by atoms with Crippen LogP contribution >= 0.6 is 0 Å². The van der Waals surface area contributed by atoms with Crippen LogP contribution in [-0.4, -0.2) is 43.9 Å². The maximum absolute atomic E-state index is 9.54. The van der Waals surface area contributed by atoms with Crippen molar-refractivity contribution in [3.8, 4) is 12.8 Å². The first-order chi connectivity index (χ1) is 6.62. The van der Waals surface area contributed by atoms with E-state index in [0.717, 1.165) is 0 Å². The van der Waals surface area contributed by atoms with E-state index in [9.17, 15) is 5.11 Å². The molecule has 4 nitrogen and oxygen atoms in total. The van der Waals surface area contributed by atoms with Gasteiger partial charge >= 0.3 is 0 Å². The predicted molar refractivity (Wildman–Crippen MR) is 52.7 cm³/mol. The van der Waals surface area contributed by atoms with Crippen LogP contribution in [0.25, 0.3) is 0 Å². The van der Waals surface area contributed by atoms with Crippen LogP contribution < -0.4 is 0 Å². The van der Waals surface area contributed by atoms with Crippen LogP contribution in [-0.2, 0) is 14.2 Å². The van der Waals surface area contributed by atoms with E-state index in [1.54, 1.807) is 14.2 Å². The molecule has 0 unspecified atom stereocenters. The number of aliphatic hydroxyl groups is 1. The Morgan fingerprint density at radius 3 is 2.43 bits per heavy atom. The van der Waals surface area contributed by atoms with Gasteiger partial charge < -0.3 is 19.3 Å². The van der Waals surface area contributed by atoms with Crippen LogP contribution in [0.4, 0.5) is 0 Å². The molecule has 1 rings (SSSR count). The molecule has 82 valence electrons. The fraction of sp³-hybridized carbons (Fsp3) is 0.800. The second-order valence-corrected chi connectivity index (χ2v) is 3.24. The second kappa shape index (κ2) is 5.99. The van der Waals surface area contributed by atoms with Crippen molar-refractivity contribution in [1.29, 1.82) is 0 Å². The van der Waals surface area contributed by atoms with Gasteiger partial charge in [0.25, 0.3) is 0 Å². The zero-order chi connectivity index (χ0) is 11.2. The predicted octanol–water partition coefficient (Wildman–Crippen LogP) is 0.395. The van der Waals surface area contributed by atoms with E-state index in [-0.39, 0.29) is 12.9 Å². The first-order valence-corrected chi connectivity index (χ1v) is 4.33. The van der Waals surface area contributed by atoms with Crippen LogP contribution in [0.1, 0.15) is 13.3 Å². The fourth-order valence-electron chi connectivity index (χ4n) is 1.27. The molecular formula is C10H18O4. The molecule has 0 bridgehead atoms. The molecular weight excluding hydrogens is 184 g/mol. The van der Waals surface area contributed by atoms with Gasteiger partial charge in [0.2, 0.25) is 0 Å². The van der Waals surface area contributed by atoms with Gasteiger partial charge in [0.1, 0.15) is 6.10 Å². The first kappa shape index (κ1) is 13.4. The lowest BCUT2D eigenvalue weighted by molar-refractivity contribution is -0.244. The van der Waals surface area contributed by atoms with Crippen LogP contribution in [0, 0.1) is 12.8 Å². The van der Waals surface area contributed by atoms with Crippen LogP contribution in [0.2, 0.25) is 0 Å². The topological polar surface area (TPSA) is 47.9 Å². The minimum atomic E-state index is -0.575. The van der Waals surface area contributed by atoms with Gasteiger partial charge in [0, 0.05) is 20.6 Å². The molecule has 0 amide bonds. The van der Waals surface area contributed by atoms with E-state index in [2.05, 4.69) is 12.8 Å². The number of rotatable bonds is 2. The number of aliphatic hydroxyl groups excluding tert-OH is 1. The standard InChI is InChI=1S/C8H16O4.C2H2/c1-8(11-3)4-7(10-2)12-5-6(8)9;1-2/h6-7,9H,4-5H2,1-3H3;1-2H/t6-,7+,8+;/m0./s1. The van der Waals surface area contributed by atoms with E-state index in [1.807, 2.05) is 6.92 Å². The lowest BCUT2D eigenvalue weighted by Gasteiger charge is -2.40. The molecule has 0 aromatic carbocycles. The van der Waals surface area contributed by atoms with Gasteiger partial charge in [-0.2, -0.15) is 0 Å². The van der Waals surface area contributed by atoms with Gasteiger partial charge in [-0.3, -0.25) is 0 Å². The molecule has 1 saturated heterocycles. The summed E-state index contributed by atoms with van der Waals surface area (Å²) in [5.41, 5.74) is -0.543. The molecule has 1 N–H and O–H groups in total. The zero-order valence-electron chi connectivity index (χ0n) is 8.90. The summed E-state index contributed by atoms with van der Waals surface area (Å²) in [5.74, 6) is 0. The fourth-order valence-corrected chi connectivity index (χ4v) is 1.27. The molecule has 1 fully saturated rings. The highest BCUT2D eigenvalue weighted by atomic mass is 16.7. The summed E-state index contributed by atoms with van der Waals surface area (Å²) in [7, 11) is 3.17. The second-order valence-electron chi connectivity index (χ2n) is 3.24. The normalized spacial score (nSPS) is 37.0. The van der Waals surface area contributed by atoms with E-state index < -0.39 is 11.7 Å². The number of ether oxygens (including phenoxy) is 3. The Hall–Kier alpha value is -0.600. The minimum absolute atomic E-state index is 0.265. The Labute approximate surface area is 85.2 Å². The van der Waals surface area contributed by atoms with E-state index in [1.165, 1.54) is 0 Å². The summed E-state index contributed by atoms with van der Waals surface area (Å²) in [6.07, 6.45) is 7.72. The van der Waals surface area contributed by atoms with Crippen LogP contribution in [0.5, 0.6) is 0 Å². The Bertz CT molecular complexity index is 180. The van der Waals surface area contributed by atoms with Gasteiger partial charge in [-0.15, -0.1) is 12.8 Å². The van der Waals surface area contributed by atoms with Gasteiger partial charge in [0.15, 0.2) is 6.29 Å². The molecule has 0 spiro atoms. The Morgan fingerprint density at radius 1 is 1.43 bits per heavy atom. The van der Waals surface area contributed by atoms with Gasteiger partial charge in [0.05, 0.1) is 12.2 Å². The number of terminal acetylenes is 1. The smallest absolute Gasteiger partial charge is 0.160 e. The molecule has 3 atom stereocenters. The van der Waals surface area contributed by atoms with Gasteiger partial charge in [-0.05, 0) is 6.92 Å². The van der Waals surface area contributed by atoms with E-state index in [4.69, 9.17) is 14.2 Å². The number of hydrogen-bond acceptors (Lipinski definition) is 4. The Balaban J connectivity index is 0.000000791. The number of hydrogen-bond donors (Lipinski definition) is 1. The Morgan fingerprint density at radius 2 is 2.00 bits per heavy atom. The van der Waals surface area contributed by atoms with Crippen LogP contribution in [0.15, 0.2) is 0 Å². The average Bonchev–Trinajstić information content (AvgIpc) is 2.25. The summed E-state index contributed by atoms with van der Waals surface area (Å²) in [6, 6.07) is 0. The van der Waals surface area contributed by atoms with Crippen molar-refractivity contribution in [3.63, 3.8) is 0 Å². The highest BCUT2D eigenvalue weighted by Crippen LogP contribution is 2.27. The molecule has 0 aliphatic carbocycles. The average molecular weight is 202 g/mol. The van der Waals surface area contributed by atoms with Crippen LogP contribution in [0.3, 0.4) is 0 Å². The van der Waals surface area contributed by atoms with E-state index >= 15 is 0 Å². The largest absolute Gasteiger partial charge is 0.388 e. The highest BCUT2D eigenvalue weighted by molar-refractivity contribution is 4.88. The molecule has 1 heterocycles. The lowest BCUT2D eigenvalue weighted by atomic mass is 9.93. The lowest BCUT2D eigenvalue weighted by Crippen LogP contribution is -2.52. The first-order valence-electron chi connectivity index (χ1n) is 4.33. The van der Waals surface area contributed by atoms with Crippen molar-refractivity contribution in [2.45, 2.75) is 31.3 Å². The minimum Gasteiger partial charge on any atom is -0.388 e. The molecule has 0 aromatic heterocycles. The van der Waals surface area contributed by atoms with Gasteiger partial charge in [-0.25, -0.2) is 0 Å². The zero-order valence-corrected chi connectivity index (χ0v) is 8.90. The third kappa shape index (κ3) is 2.96. The molecule has 1 aliphatic rings. The van der Waals surface area contributed by atoms with Crippen molar-refractivity contribution in [1.82, 2.24) is 0 Å². The Kier molecular flexibility index (Phi) is 5.73. The molecule has 4 heteroatoms. The maximum Gasteiger partial charge on any atom is 0.160 e. The SMILES string of the molecule is C#C.CO[C@H]1C[C@@](C)(OC)[C@@H](O)CO1. The molecule has 14 heavy (non-hydrogen) atoms. The molecule has 0 saturated carbocycles. The van der Waals surface area contributed by atoms with Crippen molar-refractivity contribution in [2.75, 3.05) is 20.8 Å². The van der Waals surface area contributed by atoms with Crippen molar-refractivity contribution < 1.29 is 19.3 Å². The number of methoxy groups -OCH3 is 2. The summed E-state index contributed by atoms with van der Waals surface area (Å²) in [5, 5.41) is 9.54. The maximum atomic E-state index is 9.54. The summed E-state index contributed by atoms with van der Waals surface area (Å²) in [6.45, 7) is 2.12. The van der Waals surface area contributed by atoms with Crippen molar-refractivity contribution in [2.24, 2.45) is 0 Å². The molecule has 0 radical (unpaired) electrons. The summed E-state index contributed by atoms with van der Waals surface area (Å²) >= 11 is 0. The van der Waals surface area contributed by atoms with Crippen molar-refractivity contribution >= 4 is 0 Å². The monoisotopic (exact) mass is 202 g/mol. The third-order valence-corrected chi connectivity index (χ3v) is 2.45. The van der Waals surface area contributed by atoms with E-state index in [0.29, 0.717) is 6.42 Å². The highest BCUT2D eigenvalue weighted by Gasteiger charge is 2.40. The van der Waals surface area contributed by atoms with Gasteiger partial charge in [-0.1, -0.05) is 0 Å². The summed E-state index contributed by atoms with van der Waals surface area (Å²) in [4.78, 5) is 0.